The van der Waals surface area contributed by atoms with Gasteiger partial charge >= 0.3 is 0 Å². The Balaban J connectivity index is 1.55. The van der Waals surface area contributed by atoms with Crippen LogP contribution in [0.25, 0.3) is 16.9 Å². The molecule has 38 heavy (non-hydrogen) atoms. The first-order valence-electron chi connectivity index (χ1n) is 13.2. The van der Waals surface area contributed by atoms with Gasteiger partial charge in [-0.25, -0.2) is 9.97 Å². The second-order valence-corrected chi connectivity index (χ2v) is 10.7. The fourth-order valence-corrected chi connectivity index (χ4v) is 5.99. The number of hydrogen-bond donors (Lipinski definition) is 2. The predicted octanol–water partition coefficient (Wildman–Crippen LogP) is 3.30. The summed E-state index contributed by atoms with van der Waals surface area (Å²) >= 11 is 0. The van der Waals surface area contributed by atoms with Crippen LogP contribution in [0.15, 0.2) is 24.4 Å². The molecular weight excluding hydrogens is 480 g/mol. The maximum atomic E-state index is 14.1. The standard InChI is InChI=1S/C28H34N8O2/c1-16-5-6-21(37)17(2)25(16)36-26(29)22(28(38)34-13-14-35-20(15-34)7-10-30-35)24-27(36)32-23(18(3)31-24)19-8-11-33(4)12-9-19/h5-7,10,19,37H,8-9,11-15,29H2,1-4H3. The van der Waals surface area contributed by atoms with E-state index in [9.17, 15) is 9.90 Å². The highest BCUT2D eigenvalue weighted by Crippen LogP contribution is 2.38. The maximum absolute atomic E-state index is 14.1. The fraction of sp³-hybridized carbons (Fsp3) is 0.429. The lowest BCUT2D eigenvalue weighted by atomic mass is 9.92. The van der Waals surface area contributed by atoms with Crippen LogP contribution in [0.4, 0.5) is 5.82 Å². The molecular formula is C28H34N8O2. The van der Waals surface area contributed by atoms with Crippen molar-refractivity contribution in [1.29, 1.82) is 0 Å². The Labute approximate surface area is 221 Å². The third-order valence-electron chi connectivity index (χ3n) is 8.21. The van der Waals surface area contributed by atoms with Gasteiger partial charge in [0.25, 0.3) is 5.91 Å². The largest absolute Gasteiger partial charge is 0.508 e. The van der Waals surface area contributed by atoms with Crippen molar-refractivity contribution in [2.24, 2.45) is 0 Å². The second-order valence-electron chi connectivity index (χ2n) is 10.7. The van der Waals surface area contributed by atoms with E-state index in [0.717, 1.165) is 54.3 Å². The van der Waals surface area contributed by atoms with Gasteiger partial charge in [-0.1, -0.05) is 6.07 Å². The summed E-state index contributed by atoms with van der Waals surface area (Å²) in [4.78, 5) is 28.4. The predicted molar refractivity (Wildman–Crippen MR) is 146 cm³/mol. The van der Waals surface area contributed by atoms with Crippen molar-refractivity contribution < 1.29 is 9.90 Å². The van der Waals surface area contributed by atoms with E-state index in [0.29, 0.717) is 53.7 Å². The van der Waals surface area contributed by atoms with Crippen LogP contribution < -0.4 is 5.73 Å². The molecule has 0 unspecified atom stereocenters. The quantitative estimate of drug-likeness (QED) is 0.431. The summed E-state index contributed by atoms with van der Waals surface area (Å²) < 4.78 is 3.75. The van der Waals surface area contributed by atoms with Crippen molar-refractivity contribution in [1.82, 2.24) is 34.1 Å². The Kier molecular flexibility index (Phi) is 5.86. The molecule has 10 nitrogen and oxygen atoms in total. The number of nitrogens with two attached hydrogens (primary N) is 1. The van der Waals surface area contributed by atoms with E-state index in [1.807, 2.05) is 42.2 Å². The van der Waals surface area contributed by atoms with E-state index in [2.05, 4.69) is 17.0 Å². The van der Waals surface area contributed by atoms with Crippen LogP contribution >= 0.6 is 0 Å². The molecule has 0 aliphatic carbocycles. The lowest BCUT2D eigenvalue weighted by Gasteiger charge is -2.29. The zero-order valence-corrected chi connectivity index (χ0v) is 22.4. The molecule has 1 amide bonds. The van der Waals surface area contributed by atoms with Crippen molar-refractivity contribution in [3.05, 3.63) is 58.2 Å². The highest BCUT2D eigenvalue weighted by molar-refractivity contribution is 6.10. The topological polar surface area (TPSA) is 118 Å². The minimum atomic E-state index is -0.171. The Morgan fingerprint density at radius 2 is 1.82 bits per heavy atom. The zero-order valence-electron chi connectivity index (χ0n) is 22.4. The number of amides is 1. The summed E-state index contributed by atoms with van der Waals surface area (Å²) in [5.41, 5.74) is 13.4. The smallest absolute Gasteiger partial charge is 0.260 e. The normalized spacial score (nSPS) is 16.8. The Hall–Kier alpha value is -3.92. The molecule has 1 fully saturated rings. The number of phenols is 1. The summed E-state index contributed by atoms with van der Waals surface area (Å²) in [5, 5.41) is 14.9. The van der Waals surface area contributed by atoms with Crippen molar-refractivity contribution >= 4 is 22.9 Å². The van der Waals surface area contributed by atoms with Crippen molar-refractivity contribution in [3.8, 4) is 11.4 Å². The number of rotatable bonds is 3. The van der Waals surface area contributed by atoms with Crippen molar-refractivity contribution in [2.75, 3.05) is 32.4 Å². The van der Waals surface area contributed by atoms with Crippen LogP contribution in [0.3, 0.4) is 0 Å². The van der Waals surface area contributed by atoms with Gasteiger partial charge in [-0.15, -0.1) is 0 Å². The number of aromatic nitrogens is 5. The number of phenolic OH excluding ortho intramolecular Hbond substituents is 1. The van der Waals surface area contributed by atoms with Gasteiger partial charge in [0.1, 0.15) is 22.6 Å². The van der Waals surface area contributed by atoms with E-state index in [1.165, 1.54) is 0 Å². The summed E-state index contributed by atoms with van der Waals surface area (Å²) in [5.74, 6) is 0.580. The van der Waals surface area contributed by atoms with Crippen LogP contribution in [0.1, 0.15) is 57.3 Å². The lowest BCUT2D eigenvalue weighted by Crippen LogP contribution is -2.38. The monoisotopic (exact) mass is 514 g/mol. The highest BCUT2D eigenvalue weighted by Gasteiger charge is 2.32. The first kappa shape index (κ1) is 24.4. The molecule has 4 aromatic rings. The SMILES string of the molecule is Cc1ccc(O)c(C)c1-n1c(N)c(C(=O)N2CCn3nccc3C2)c2nc(C)c(C3CCN(C)CC3)nc21. The molecule has 0 bridgehead atoms. The third-order valence-corrected chi connectivity index (χ3v) is 8.21. The van der Waals surface area contributed by atoms with Crippen LogP contribution in [-0.2, 0) is 13.1 Å². The molecule has 0 radical (unpaired) electrons. The van der Waals surface area contributed by atoms with Gasteiger partial charge in [-0.3, -0.25) is 14.0 Å². The Morgan fingerprint density at radius 1 is 1.05 bits per heavy atom. The number of anilines is 1. The molecule has 1 saturated heterocycles. The van der Waals surface area contributed by atoms with E-state index in [-0.39, 0.29) is 11.7 Å². The van der Waals surface area contributed by atoms with E-state index >= 15 is 0 Å². The first-order valence-corrected chi connectivity index (χ1v) is 13.2. The van der Waals surface area contributed by atoms with Gasteiger partial charge in [0.05, 0.1) is 35.9 Å². The average Bonchev–Trinajstić information content (AvgIpc) is 3.48. The van der Waals surface area contributed by atoms with Crippen molar-refractivity contribution in [2.45, 2.75) is 52.6 Å². The van der Waals surface area contributed by atoms with Gasteiger partial charge < -0.3 is 20.6 Å². The number of aromatic hydroxyl groups is 1. The van der Waals surface area contributed by atoms with Gasteiger partial charge in [0.2, 0.25) is 0 Å². The summed E-state index contributed by atoms with van der Waals surface area (Å²) in [7, 11) is 2.14. The molecule has 0 atom stereocenters. The number of benzene rings is 1. The number of aryl methyl sites for hydroxylation is 2. The van der Waals surface area contributed by atoms with Crippen LogP contribution in [0.5, 0.6) is 5.75 Å². The molecule has 5 heterocycles. The number of nitrogens with zero attached hydrogens (tertiary/aromatic N) is 7. The highest BCUT2D eigenvalue weighted by atomic mass is 16.3. The first-order chi connectivity index (χ1) is 18.2. The zero-order chi connectivity index (χ0) is 26.7. The average molecular weight is 515 g/mol. The minimum absolute atomic E-state index is 0.166. The van der Waals surface area contributed by atoms with Gasteiger partial charge in [-0.2, -0.15) is 5.10 Å². The molecule has 6 rings (SSSR count). The maximum Gasteiger partial charge on any atom is 0.260 e. The molecule has 3 N–H and O–H groups in total. The summed E-state index contributed by atoms with van der Waals surface area (Å²) in [6.07, 6.45) is 3.77. The Bertz CT molecular complexity index is 1560. The number of likely N-dealkylation sites (tertiary alicyclic amines) is 1. The van der Waals surface area contributed by atoms with Gasteiger partial charge in [0.15, 0.2) is 5.65 Å². The molecule has 2 aliphatic heterocycles. The van der Waals surface area contributed by atoms with Crippen LogP contribution in [0.2, 0.25) is 0 Å². The summed E-state index contributed by atoms with van der Waals surface area (Å²) in [6.45, 7) is 9.43. The number of nitrogen functional groups attached to an aromatic ring is 1. The number of piperidine rings is 1. The minimum Gasteiger partial charge on any atom is -0.508 e. The van der Waals surface area contributed by atoms with E-state index < -0.39 is 0 Å². The molecule has 0 saturated carbocycles. The van der Waals surface area contributed by atoms with E-state index in [1.54, 1.807) is 17.2 Å². The van der Waals surface area contributed by atoms with Gasteiger partial charge in [0, 0.05) is 24.2 Å². The van der Waals surface area contributed by atoms with Crippen LogP contribution in [0, 0.1) is 20.8 Å². The molecule has 3 aromatic heterocycles. The molecule has 10 heteroatoms. The molecule has 2 aliphatic rings. The molecule has 0 spiro atoms. The lowest BCUT2D eigenvalue weighted by molar-refractivity contribution is 0.0709. The number of hydrogen-bond acceptors (Lipinski definition) is 7. The van der Waals surface area contributed by atoms with Crippen LogP contribution in [-0.4, -0.2) is 71.8 Å². The number of fused-ring (bicyclic) bond motifs is 2. The second kappa shape index (κ2) is 9.13. The van der Waals surface area contributed by atoms with Crippen molar-refractivity contribution in [3.63, 3.8) is 0 Å². The third kappa shape index (κ3) is 3.82. The number of carbonyl (C=O) groups excluding carboxylic acids is 1. The molecule has 198 valence electrons. The fourth-order valence-electron chi connectivity index (χ4n) is 5.99. The summed E-state index contributed by atoms with van der Waals surface area (Å²) in [6, 6.07) is 5.47. The molecule has 1 aromatic carbocycles. The van der Waals surface area contributed by atoms with Gasteiger partial charge in [-0.05, 0) is 71.4 Å². The van der Waals surface area contributed by atoms with E-state index in [4.69, 9.17) is 15.7 Å². The Morgan fingerprint density at radius 3 is 2.58 bits per heavy atom. The number of carbonyl (C=O) groups is 1.